The second kappa shape index (κ2) is 8.20. The summed E-state index contributed by atoms with van der Waals surface area (Å²) in [5.41, 5.74) is 1.08. The van der Waals surface area contributed by atoms with Crippen LogP contribution in [0.3, 0.4) is 0 Å². The summed E-state index contributed by atoms with van der Waals surface area (Å²) in [7, 11) is 0. The zero-order valence-electron chi connectivity index (χ0n) is 11.9. The molecule has 112 valence electrons. The third-order valence-corrected chi connectivity index (χ3v) is 4.06. The number of hydrogen-bond donors (Lipinski definition) is 1. The van der Waals surface area contributed by atoms with Crippen LogP contribution in [0.4, 0.5) is 4.39 Å². The second-order valence-corrected chi connectivity index (χ2v) is 5.77. The van der Waals surface area contributed by atoms with Gasteiger partial charge in [0.2, 0.25) is 0 Å². The summed E-state index contributed by atoms with van der Waals surface area (Å²) in [5.74, 6) is 0.467. The lowest BCUT2D eigenvalue weighted by atomic mass is 10.1. The van der Waals surface area contributed by atoms with Crippen LogP contribution in [0.25, 0.3) is 0 Å². The van der Waals surface area contributed by atoms with Gasteiger partial charge in [-0.15, -0.1) is 11.8 Å². The molecule has 0 aromatic heterocycles. The van der Waals surface area contributed by atoms with Crippen LogP contribution in [0.2, 0.25) is 0 Å². The van der Waals surface area contributed by atoms with Crippen molar-refractivity contribution in [3.8, 4) is 6.07 Å². The highest BCUT2D eigenvalue weighted by Gasteiger charge is 2.04. The lowest BCUT2D eigenvalue weighted by Crippen LogP contribution is -2.24. The van der Waals surface area contributed by atoms with E-state index in [1.807, 2.05) is 6.07 Å². The number of rotatable bonds is 6. The maximum Gasteiger partial charge on any atom is 0.251 e. The number of carbonyl (C=O) groups excluding carboxylic acids is 1. The van der Waals surface area contributed by atoms with E-state index in [4.69, 9.17) is 5.26 Å². The van der Waals surface area contributed by atoms with Crippen LogP contribution in [0.5, 0.6) is 0 Å². The molecule has 0 heterocycles. The molecule has 0 spiro atoms. The average Bonchev–Trinajstić information content (AvgIpc) is 2.56. The van der Waals surface area contributed by atoms with E-state index in [9.17, 15) is 9.18 Å². The third-order valence-electron chi connectivity index (χ3n) is 2.97. The van der Waals surface area contributed by atoms with Gasteiger partial charge < -0.3 is 5.32 Å². The molecule has 0 saturated carbocycles. The van der Waals surface area contributed by atoms with Crippen molar-refractivity contribution in [3.05, 3.63) is 65.5 Å². The summed E-state index contributed by atoms with van der Waals surface area (Å²) in [6, 6.07) is 14.9. The molecule has 1 amide bonds. The zero-order valence-corrected chi connectivity index (χ0v) is 12.7. The highest BCUT2D eigenvalue weighted by atomic mass is 32.2. The van der Waals surface area contributed by atoms with Gasteiger partial charge in [-0.05, 0) is 60.7 Å². The summed E-state index contributed by atoms with van der Waals surface area (Å²) >= 11 is 1.63. The molecule has 3 nitrogen and oxygen atoms in total. The number of nitrogens with one attached hydrogen (secondary N) is 1. The summed E-state index contributed by atoms with van der Waals surface area (Å²) < 4.78 is 12.8. The van der Waals surface area contributed by atoms with Gasteiger partial charge in [0.15, 0.2) is 0 Å². The standard InChI is InChI=1S/C17H15FN2OS/c18-15-6-8-16(9-7-15)22-11-1-10-20-17(21)14-4-2-13(12-19)3-5-14/h2-9H,1,10-11H2,(H,20,21). The molecule has 0 aliphatic rings. The fourth-order valence-electron chi connectivity index (χ4n) is 1.79. The van der Waals surface area contributed by atoms with Crippen LogP contribution in [-0.2, 0) is 0 Å². The van der Waals surface area contributed by atoms with Gasteiger partial charge >= 0.3 is 0 Å². The Kier molecular flexibility index (Phi) is 5.99. The molecule has 0 aliphatic heterocycles. The molecule has 2 aromatic carbocycles. The van der Waals surface area contributed by atoms with Crippen molar-refractivity contribution in [2.75, 3.05) is 12.3 Å². The number of halogens is 1. The lowest BCUT2D eigenvalue weighted by Gasteiger charge is -2.05. The number of amides is 1. The number of hydrogen-bond acceptors (Lipinski definition) is 3. The van der Waals surface area contributed by atoms with E-state index in [0.717, 1.165) is 17.1 Å². The van der Waals surface area contributed by atoms with Crippen LogP contribution in [0.1, 0.15) is 22.3 Å². The predicted octanol–water partition coefficient (Wildman–Crippen LogP) is 3.61. The maximum atomic E-state index is 12.8. The van der Waals surface area contributed by atoms with Crippen LogP contribution >= 0.6 is 11.8 Å². The Hall–Kier alpha value is -2.32. The van der Waals surface area contributed by atoms with Crippen molar-refractivity contribution in [3.63, 3.8) is 0 Å². The molecule has 0 aliphatic carbocycles. The molecule has 0 bridgehead atoms. The van der Waals surface area contributed by atoms with Crippen molar-refractivity contribution in [2.45, 2.75) is 11.3 Å². The Bertz CT molecular complexity index is 663. The van der Waals surface area contributed by atoms with Crippen LogP contribution in [0, 0.1) is 17.1 Å². The SMILES string of the molecule is N#Cc1ccc(C(=O)NCCCSc2ccc(F)cc2)cc1. The molecule has 2 aromatic rings. The molecule has 0 fully saturated rings. The Morgan fingerprint density at radius 1 is 1.14 bits per heavy atom. The largest absolute Gasteiger partial charge is 0.352 e. The van der Waals surface area contributed by atoms with Gasteiger partial charge in [-0.1, -0.05) is 0 Å². The van der Waals surface area contributed by atoms with E-state index in [-0.39, 0.29) is 11.7 Å². The minimum atomic E-state index is -0.237. The van der Waals surface area contributed by atoms with E-state index < -0.39 is 0 Å². The van der Waals surface area contributed by atoms with Crippen molar-refractivity contribution < 1.29 is 9.18 Å². The van der Waals surface area contributed by atoms with E-state index in [1.54, 1.807) is 48.2 Å². The first-order chi connectivity index (χ1) is 10.7. The quantitative estimate of drug-likeness (QED) is 0.654. The molecular weight excluding hydrogens is 299 g/mol. The fraction of sp³-hybridized carbons (Fsp3) is 0.176. The van der Waals surface area contributed by atoms with Crippen LogP contribution in [-0.4, -0.2) is 18.2 Å². The van der Waals surface area contributed by atoms with Crippen molar-refractivity contribution in [2.24, 2.45) is 0 Å². The summed E-state index contributed by atoms with van der Waals surface area (Å²) in [6.45, 7) is 0.576. The Labute approximate surface area is 133 Å². The van der Waals surface area contributed by atoms with E-state index >= 15 is 0 Å². The predicted molar refractivity (Wildman–Crippen MR) is 85.2 cm³/mol. The first-order valence-corrected chi connectivity index (χ1v) is 7.84. The van der Waals surface area contributed by atoms with Gasteiger partial charge in [-0.25, -0.2) is 4.39 Å². The van der Waals surface area contributed by atoms with Gasteiger partial charge in [0.05, 0.1) is 11.6 Å². The highest BCUT2D eigenvalue weighted by Crippen LogP contribution is 2.18. The van der Waals surface area contributed by atoms with Gasteiger partial charge in [-0.2, -0.15) is 5.26 Å². The first kappa shape index (κ1) is 16.1. The number of benzene rings is 2. The summed E-state index contributed by atoms with van der Waals surface area (Å²) in [5, 5.41) is 11.5. The Morgan fingerprint density at radius 2 is 1.82 bits per heavy atom. The topological polar surface area (TPSA) is 52.9 Å². The Morgan fingerprint density at radius 3 is 2.45 bits per heavy atom. The number of thioether (sulfide) groups is 1. The van der Waals surface area contributed by atoms with Gasteiger partial charge in [0.25, 0.3) is 5.91 Å². The van der Waals surface area contributed by atoms with Crippen molar-refractivity contribution in [1.82, 2.24) is 5.32 Å². The molecule has 0 radical (unpaired) electrons. The second-order valence-electron chi connectivity index (χ2n) is 4.60. The Balaban J connectivity index is 1.68. The summed E-state index contributed by atoms with van der Waals surface area (Å²) in [4.78, 5) is 12.9. The van der Waals surface area contributed by atoms with Crippen molar-refractivity contribution in [1.29, 1.82) is 5.26 Å². The van der Waals surface area contributed by atoms with Gasteiger partial charge in [0.1, 0.15) is 5.82 Å². The normalized spacial score (nSPS) is 10.0. The van der Waals surface area contributed by atoms with Crippen LogP contribution in [0.15, 0.2) is 53.4 Å². The molecular formula is C17H15FN2OS. The number of nitrogens with zero attached hydrogens (tertiary/aromatic N) is 1. The highest BCUT2D eigenvalue weighted by molar-refractivity contribution is 7.99. The fourth-order valence-corrected chi connectivity index (χ4v) is 2.65. The van der Waals surface area contributed by atoms with Gasteiger partial charge in [-0.3, -0.25) is 4.79 Å². The van der Waals surface area contributed by atoms with E-state index in [0.29, 0.717) is 17.7 Å². The molecule has 0 atom stereocenters. The molecule has 0 saturated heterocycles. The minimum Gasteiger partial charge on any atom is -0.352 e. The average molecular weight is 314 g/mol. The van der Waals surface area contributed by atoms with E-state index in [1.165, 1.54) is 12.1 Å². The third kappa shape index (κ3) is 4.90. The molecule has 2 rings (SSSR count). The molecule has 1 N–H and O–H groups in total. The first-order valence-electron chi connectivity index (χ1n) is 6.86. The molecule has 0 unspecified atom stereocenters. The lowest BCUT2D eigenvalue weighted by molar-refractivity contribution is 0.0954. The van der Waals surface area contributed by atoms with E-state index in [2.05, 4.69) is 5.32 Å². The number of nitriles is 1. The minimum absolute atomic E-state index is 0.142. The van der Waals surface area contributed by atoms with Crippen molar-refractivity contribution >= 4 is 17.7 Å². The maximum absolute atomic E-state index is 12.8. The summed E-state index contributed by atoms with van der Waals surface area (Å²) in [6.07, 6.45) is 0.823. The van der Waals surface area contributed by atoms with Crippen LogP contribution < -0.4 is 5.32 Å². The molecule has 22 heavy (non-hydrogen) atoms. The zero-order chi connectivity index (χ0) is 15.8. The number of carbonyl (C=O) groups is 1. The monoisotopic (exact) mass is 314 g/mol. The van der Waals surface area contributed by atoms with Gasteiger partial charge in [0, 0.05) is 17.0 Å². The smallest absolute Gasteiger partial charge is 0.251 e. The molecule has 5 heteroatoms.